The molecule has 76 valence electrons. The van der Waals surface area contributed by atoms with E-state index in [1.807, 2.05) is 6.08 Å². The first-order valence-corrected chi connectivity index (χ1v) is 5.39. The molecule has 0 radical (unpaired) electrons. The zero-order chi connectivity index (χ0) is 10.6. The second-order valence-corrected chi connectivity index (χ2v) is 3.89. The van der Waals surface area contributed by atoms with Gasteiger partial charge in [0.25, 0.3) is 0 Å². The summed E-state index contributed by atoms with van der Waals surface area (Å²) in [5.41, 5.74) is 1.29. The average molecular weight is 231 g/mol. The highest BCUT2D eigenvalue weighted by atomic mass is 35.5. The lowest BCUT2D eigenvalue weighted by Crippen LogP contribution is -1.85. The maximum Gasteiger partial charge on any atom is 0.130 e. The fourth-order valence-electron chi connectivity index (χ4n) is 1.07. The van der Waals surface area contributed by atoms with E-state index in [1.165, 1.54) is 6.07 Å². The Labute approximate surface area is 94.2 Å². The van der Waals surface area contributed by atoms with Gasteiger partial charge in [0.05, 0.1) is 0 Å². The molecule has 0 atom stereocenters. The van der Waals surface area contributed by atoms with Crippen molar-refractivity contribution in [3.05, 3.63) is 40.2 Å². The van der Waals surface area contributed by atoms with Gasteiger partial charge in [-0.15, -0.1) is 0 Å². The predicted octanol–water partition coefficient (Wildman–Crippen LogP) is 4.12. The van der Waals surface area contributed by atoms with Crippen LogP contribution in [0.3, 0.4) is 0 Å². The molecule has 0 aliphatic rings. The van der Waals surface area contributed by atoms with Crippen LogP contribution in [0.1, 0.15) is 17.5 Å². The number of benzene rings is 1. The number of aryl methyl sites for hydroxylation is 1. The summed E-state index contributed by atoms with van der Waals surface area (Å²) in [6.07, 6.45) is 4.45. The molecule has 0 fully saturated rings. The molecule has 0 amide bonds. The van der Waals surface area contributed by atoms with Gasteiger partial charge >= 0.3 is 0 Å². The number of hydrogen-bond acceptors (Lipinski definition) is 1. The monoisotopic (exact) mass is 230 g/mol. The second kappa shape index (κ2) is 5.42. The number of allylic oxidation sites excluding steroid dienone is 1. The van der Waals surface area contributed by atoms with E-state index in [-0.39, 0.29) is 5.82 Å². The highest BCUT2D eigenvalue weighted by Crippen LogP contribution is 2.21. The van der Waals surface area contributed by atoms with Gasteiger partial charge in [-0.2, -0.15) is 12.6 Å². The number of hydrogen-bond donors (Lipinski definition) is 1. The van der Waals surface area contributed by atoms with E-state index in [0.717, 1.165) is 17.7 Å². The largest absolute Gasteiger partial charge is 0.206 e. The fraction of sp³-hybridized carbons (Fsp3) is 0.273. The molecule has 14 heavy (non-hydrogen) atoms. The van der Waals surface area contributed by atoms with Crippen LogP contribution in [0.25, 0.3) is 6.08 Å². The van der Waals surface area contributed by atoms with Crippen LogP contribution in [0.2, 0.25) is 5.02 Å². The third kappa shape index (κ3) is 3.03. The summed E-state index contributed by atoms with van der Waals surface area (Å²) in [6.45, 7) is 1.78. The van der Waals surface area contributed by atoms with Crippen LogP contribution in [0.15, 0.2) is 18.2 Å². The Balaban J connectivity index is 2.92. The number of rotatable bonds is 3. The minimum absolute atomic E-state index is 0.234. The zero-order valence-corrected chi connectivity index (χ0v) is 9.58. The molecule has 0 spiro atoms. The molecule has 0 bridgehead atoms. The molecule has 0 saturated heterocycles. The lowest BCUT2D eigenvalue weighted by Gasteiger charge is -2.01. The maximum atomic E-state index is 13.3. The summed E-state index contributed by atoms with van der Waals surface area (Å²) < 4.78 is 13.3. The molecule has 0 aliphatic carbocycles. The van der Waals surface area contributed by atoms with Crippen LogP contribution in [0.5, 0.6) is 0 Å². The van der Waals surface area contributed by atoms with Gasteiger partial charge in [0.1, 0.15) is 5.82 Å². The topological polar surface area (TPSA) is 0 Å². The normalized spacial score (nSPS) is 11.1. The molecule has 1 aromatic carbocycles. The third-order valence-corrected chi connectivity index (χ3v) is 2.54. The van der Waals surface area contributed by atoms with Crippen LogP contribution in [0, 0.1) is 12.7 Å². The van der Waals surface area contributed by atoms with Crippen molar-refractivity contribution in [3.63, 3.8) is 0 Å². The molecule has 0 nitrogen and oxygen atoms in total. The molecule has 3 heteroatoms. The molecule has 0 heterocycles. The maximum absolute atomic E-state index is 13.3. The van der Waals surface area contributed by atoms with Crippen LogP contribution in [0.4, 0.5) is 4.39 Å². The van der Waals surface area contributed by atoms with Gasteiger partial charge in [-0.05, 0) is 36.8 Å². The summed E-state index contributed by atoms with van der Waals surface area (Å²) in [4.78, 5) is 0. The molecule has 0 unspecified atom stereocenters. The lowest BCUT2D eigenvalue weighted by atomic mass is 10.1. The van der Waals surface area contributed by atoms with E-state index < -0.39 is 0 Å². The van der Waals surface area contributed by atoms with Gasteiger partial charge in [0, 0.05) is 10.6 Å². The molecule has 0 aliphatic heterocycles. The number of thiol groups is 1. The predicted molar refractivity (Wildman–Crippen MR) is 63.7 cm³/mol. The third-order valence-electron chi connectivity index (χ3n) is 1.87. The van der Waals surface area contributed by atoms with E-state index in [2.05, 4.69) is 12.6 Å². The first-order valence-electron chi connectivity index (χ1n) is 4.38. The smallest absolute Gasteiger partial charge is 0.130 e. The Morgan fingerprint density at radius 2 is 2.21 bits per heavy atom. The van der Waals surface area contributed by atoms with E-state index >= 15 is 0 Å². The second-order valence-electron chi connectivity index (χ2n) is 3.04. The van der Waals surface area contributed by atoms with Crippen LogP contribution < -0.4 is 0 Å². The Morgan fingerprint density at radius 1 is 1.50 bits per heavy atom. The molecule has 0 N–H and O–H groups in total. The molecule has 1 aromatic rings. The minimum Gasteiger partial charge on any atom is -0.206 e. The van der Waals surface area contributed by atoms with E-state index in [1.54, 1.807) is 19.1 Å². The van der Waals surface area contributed by atoms with Crippen molar-refractivity contribution in [1.29, 1.82) is 0 Å². The standard InChI is InChI=1S/C11H12ClFS/c1-8-6-11(13)9(7-10(8)12)4-2-3-5-14/h2,4,6-7,14H,3,5H2,1H3. The summed E-state index contributed by atoms with van der Waals surface area (Å²) in [5, 5.41) is 0.594. The van der Waals surface area contributed by atoms with Crippen molar-refractivity contribution in [2.75, 3.05) is 5.75 Å². The first kappa shape index (κ1) is 11.6. The quantitative estimate of drug-likeness (QED) is 0.742. The highest BCUT2D eigenvalue weighted by Gasteiger charge is 2.02. The van der Waals surface area contributed by atoms with Crippen molar-refractivity contribution in [2.24, 2.45) is 0 Å². The van der Waals surface area contributed by atoms with Crippen LogP contribution in [-0.4, -0.2) is 5.75 Å². The minimum atomic E-state index is -0.234. The van der Waals surface area contributed by atoms with Crippen molar-refractivity contribution in [3.8, 4) is 0 Å². The van der Waals surface area contributed by atoms with Crippen LogP contribution >= 0.6 is 24.2 Å². The molecular formula is C11H12ClFS. The van der Waals surface area contributed by atoms with Crippen molar-refractivity contribution >= 4 is 30.3 Å². The first-order chi connectivity index (χ1) is 6.65. The van der Waals surface area contributed by atoms with Crippen molar-refractivity contribution in [1.82, 2.24) is 0 Å². The Hall–Kier alpha value is -0.470. The average Bonchev–Trinajstić information content (AvgIpc) is 2.14. The lowest BCUT2D eigenvalue weighted by molar-refractivity contribution is 0.624. The Bertz CT molecular complexity index is 347. The summed E-state index contributed by atoms with van der Waals surface area (Å²) in [7, 11) is 0. The fourth-order valence-corrected chi connectivity index (χ4v) is 1.40. The highest BCUT2D eigenvalue weighted by molar-refractivity contribution is 7.80. The molecule has 0 saturated carbocycles. The van der Waals surface area contributed by atoms with E-state index in [4.69, 9.17) is 11.6 Å². The van der Waals surface area contributed by atoms with Gasteiger partial charge in [-0.1, -0.05) is 23.8 Å². The molecule has 1 rings (SSSR count). The van der Waals surface area contributed by atoms with Crippen LogP contribution in [-0.2, 0) is 0 Å². The van der Waals surface area contributed by atoms with Gasteiger partial charge in [-0.25, -0.2) is 4.39 Å². The van der Waals surface area contributed by atoms with Gasteiger partial charge in [0.2, 0.25) is 0 Å². The van der Waals surface area contributed by atoms with Gasteiger partial charge in [-0.3, -0.25) is 0 Å². The Kier molecular flexibility index (Phi) is 4.49. The summed E-state index contributed by atoms with van der Waals surface area (Å²) in [6, 6.07) is 3.09. The van der Waals surface area contributed by atoms with Crippen molar-refractivity contribution < 1.29 is 4.39 Å². The molecular weight excluding hydrogens is 219 g/mol. The Morgan fingerprint density at radius 3 is 2.86 bits per heavy atom. The van der Waals surface area contributed by atoms with Gasteiger partial charge in [0.15, 0.2) is 0 Å². The molecule has 0 aromatic heterocycles. The SMILES string of the molecule is Cc1cc(F)c(C=CCCS)cc1Cl. The summed E-state index contributed by atoms with van der Waals surface area (Å²) in [5.74, 6) is 0.528. The summed E-state index contributed by atoms with van der Waals surface area (Å²) >= 11 is 9.94. The van der Waals surface area contributed by atoms with Crippen molar-refractivity contribution in [2.45, 2.75) is 13.3 Å². The zero-order valence-electron chi connectivity index (χ0n) is 7.93. The van der Waals surface area contributed by atoms with E-state index in [0.29, 0.717) is 10.6 Å². The number of halogens is 2. The van der Waals surface area contributed by atoms with E-state index in [9.17, 15) is 4.39 Å². The van der Waals surface area contributed by atoms with Gasteiger partial charge < -0.3 is 0 Å².